The van der Waals surface area contributed by atoms with Crippen molar-refractivity contribution in [2.45, 2.75) is 12.8 Å². The number of aliphatic hydroxyl groups is 2. The van der Waals surface area contributed by atoms with Crippen molar-refractivity contribution < 1.29 is 24.9 Å². The van der Waals surface area contributed by atoms with Crippen LogP contribution in [0.25, 0.3) is 0 Å². The van der Waals surface area contributed by atoms with Crippen molar-refractivity contribution in [1.29, 1.82) is 0 Å². The maximum Gasteiger partial charge on any atom is 0.305 e. The lowest BCUT2D eigenvalue weighted by molar-refractivity contribution is -0.137. The molecule has 0 saturated heterocycles. The van der Waals surface area contributed by atoms with E-state index in [2.05, 4.69) is 0 Å². The summed E-state index contributed by atoms with van der Waals surface area (Å²) in [6.45, 7) is -0.293. The summed E-state index contributed by atoms with van der Waals surface area (Å²) < 4.78 is 0. The fourth-order valence-electron chi connectivity index (χ4n) is 0.148. The molecule has 0 aromatic carbocycles. The average Bonchev–Trinajstić information content (AvgIpc) is 1.90. The minimum Gasteiger partial charge on any atom is -0.481 e. The number of hydrogen-bond donors (Lipinski definition) is 3. The first-order valence-electron chi connectivity index (χ1n) is 3.06. The Morgan fingerprint density at radius 2 is 1.82 bits per heavy atom. The van der Waals surface area contributed by atoms with Crippen LogP contribution in [0, 0.1) is 0 Å². The molecule has 0 saturated carbocycles. The summed E-state index contributed by atoms with van der Waals surface area (Å²) >= 11 is 0. The van der Waals surface area contributed by atoms with Crippen LogP contribution in [0.2, 0.25) is 0 Å². The van der Waals surface area contributed by atoms with Gasteiger partial charge in [-0.1, -0.05) is 0 Å². The summed E-state index contributed by atoms with van der Waals surface area (Å²) in [6, 6.07) is 0. The fraction of sp³-hybridized carbons (Fsp3) is 0.667. The Hall–Kier alpha value is -0.940. The Morgan fingerprint density at radius 3 is 1.82 bits per heavy atom. The number of rotatable bonds is 4. The number of aliphatic carboxylic acids is 1. The predicted octanol–water partition coefficient (Wildman–Crippen LogP) is -0.979. The van der Waals surface area contributed by atoms with E-state index < -0.39 is 5.97 Å². The minimum absolute atomic E-state index is 0.0243. The molecule has 0 aliphatic rings. The molecule has 5 heteroatoms. The number of carbonyl (C=O) groups excluding carboxylic acids is 1. The van der Waals surface area contributed by atoms with Gasteiger partial charge in [0.05, 0.1) is 13.0 Å². The Morgan fingerprint density at radius 1 is 1.27 bits per heavy atom. The maximum atomic E-state index is 9.44. The van der Waals surface area contributed by atoms with Gasteiger partial charge in [-0.25, -0.2) is 0 Å². The largest absolute Gasteiger partial charge is 0.481 e. The third-order valence-corrected chi connectivity index (χ3v) is 0.573. The molecule has 66 valence electrons. The summed E-state index contributed by atoms with van der Waals surface area (Å²) in [5, 5.41) is 23.4. The van der Waals surface area contributed by atoms with Gasteiger partial charge >= 0.3 is 5.97 Å². The second-order valence-corrected chi connectivity index (χ2v) is 1.55. The highest BCUT2D eigenvalue weighted by Crippen LogP contribution is 1.70. The van der Waals surface area contributed by atoms with Gasteiger partial charge in [0.1, 0.15) is 6.29 Å². The zero-order valence-corrected chi connectivity index (χ0v) is 6.06. The van der Waals surface area contributed by atoms with Crippen LogP contribution < -0.4 is 0 Å². The Labute approximate surface area is 64.3 Å². The standard InChI is InChI=1S/C3H6O3.C3H6O2/c4-2-1-3(5)6;4-2-1-3-5/h4H,1-2H2,(H,5,6);2,5H,1,3H2. The van der Waals surface area contributed by atoms with E-state index in [-0.39, 0.29) is 26.1 Å². The van der Waals surface area contributed by atoms with Crippen LogP contribution in [0.15, 0.2) is 0 Å². The number of aliphatic hydroxyl groups excluding tert-OH is 2. The quantitative estimate of drug-likeness (QED) is 0.464. The summed E-state index contributed by atoms with van der Waals surface area (Å²) in [4.78, 5) is 18.7. The summed E-state index contributed by atoms with van der Waals surface area (Å²) in [6.07, 6.45) is 0.792. The number of carbonyl (C=O) groups is 2. The molecular formula is C6H12O5. The first-order chi connectivity index (χ1) is 5.18. The first-order valence-corrected chi connectivity index (χ1v) is 3.06. The number of hydrogen-bond acceptors (Lipinski definition) is 4. The molecule has 0 rings (SSSR count). The fourth-order valence-corrected chi connectivity index (χ4v) is 0.148. The van der Waals surface area contributed by atoms with Crippen molar-refractivity contribution in [1.82, 2.24) is 0 Å². The highest BCUT2D eigenvalue weighted by atomic mass is 16.4. The molecule has 0 fully saturated rings. The van der Waals surface area contributed by atoms with E-state index in [1.807, 2.05) is 0 Å². The van der Waals surface area contributed by atoms with E-state index in [1.165, 1.54) is 0 Å². The molecule has 0 unspecified atom stereocenters. The molecule has 0 heterocycles. The topological polar surface area (TPSA) is 94.8 Å². The zero-order chi connectivity index (χ0) is 9.11. The third kappa shape index (κ3) is 27.4. The van der Waals surface area contributed by atoms with Gasteiger partial charge in [0, 0.05) is 13.0 Å². The van der Waals surface area contributed by atoms with Crippen LogP contribution in [0.5, 0.6) is 0 Å². The molecule has 3 N–H and O–H groups in total. The first kappa shape index (κ1) is 12.7. The minimum atomic E-state index is -0.961. The van der Waals surface area contributed by atoms with Crippen LogP contribution in [0.1, 0.15) is 12.8 Å². The van der Waals surface area contributed by atoms with Crippen molar-refractivity contribution in [3.05, 3.63) is 0 Å². The number of aldehydes is 1. The molecule has 11 heavy (non-hydrogen) atoms. The van der Waals surface area contributed by atoms with E-state index in [0.717, 1.165) is 0 Å². The highest BCUT2D eigenvalue weighted by Gasteiger charge is 1.88. The summed E-state index contributed by atoms with van der Waals surface area (Å²) in [5.41, 5.74) is 0. The van der Waals surface area contributed by atoms with Gasteiger partial charge in [-0.15, -0.1) is 0 Å². The highest BCUT2D eigenvalue weighted by molar-refractivity contribution is 5.66. The van der Waals surface area contributed by atoms with Crippen LogP contribution >= 0.6 is 0 Å². The molecule has 0 aliphatic carbocycles. The van der Waals surface area contributed by atoms with Crippen molar-refractivity contribution in [3.8, 4) is 0 Å². The van der Waals surface area contributed by atoms with Gasteiger partial charge in [0.15, 0.2) is 0 Å². The lowest BCUT2D eigenvalue weighted by atomic mass is 10.5. The smallest absolute Gasteiger partial charge is 0.305 e. The van der Waals surface area contributed by atoms with E-state index in [9.17, 15) is 9.59 Å². The van der Waals surface area contributed by atoms with E-state index >= 15 is 0 Å². The monoisotopic (exact) mass is 164 g/mol. The molecule has 0 spiro atoms. The normalized spacial score (nSPS) is 7.82. The van der Waals surface area contributed by atoms with Gasteiger partial charge in [-0.05, 0) is 0 Å². The SMILES string of the molecule is O=C(O)CCO.O=CCCO. The van der Waals surface area contributed by atoms with Crippen molar-refractivity contribution in [2.24, 2.45) is 0 Å². The van der Waals surface area contributed by atoms with Crippen LogP contribution in [0.3, 0.4) is 0 Å². The third-order valence-electron chi connectivity index (χ3n) is 0.573. The van der Waals surface area contributed by atoms with Gasteiger partial charge < -0.3 is 20.1 Å². The van der Waals surface area contributed by atoms with Crippen LogP contribution in [0.4, 0.5) is 0 Å². The number of carboxylic acids is 1. The van der Waals surface area contributed by atoms with Crippen molar-refractivity contribution >= 4 is 12.3 Å². The van der Waals surface area contributed by atoms with E-state index in [1.54, 1.807) is 0 Å². The maximum absolute atomic E-state index is 9.44. The summed E-state index contributed by atoms with van der Waals surface area (Å²) in [5.74, 6) is -0.961. The average molecular weight is 164 g/mol. The zero-order valence-electron chi connectivity index (χ0n) is 6.06. The van der Waals surface area contributed by atoms with Crippen molar-refractivity contribution in [2.75, 3.05) is 13.2 Å². The van der Waals surface area contributed by atoms with E-state index in [0.29, 0.717) is 6.29 Å². The lowest BCUT2D eigenvalue weighted by Crippen LogP contribution is -1.96. The molecule has 0 atom stereocenters. The van der Waals surface area contributed by atoms with Gasteiger partial charge in [0.25, 0.3) is 0 Å². The Kier molecular flexibility index (Phi) is 13.6. The lowest BCUT2D eigenvalue weighted by Gasteiger charge is -1.79. The molecule has 0 bridgehead atoms. The van der Waals surface area contributed by atoms with Crippen LogP contribution in [-0.2, 0) is 9.59 Å². The van der Waals surface area contributed by atoms with Gasteiger partial charge in [-0.3, -0.25) is 4.79 Å². The van der Waals surface area contributed by atoms with Gasteiger partial charge in [-0.2, -0.15) is 0 Å². The van der Waals surface area contributed by atoms with Crippen LogP contribution in [-0.4, -0.2) is 40.8 Å². The second-order valence-electron chi connectivity index (χ2n) is 1.55. The number of carboxylic acid groups (broad SMARTS) is 1. The molecule has 0 aromatic rings. The van der Waals surface area contributed by atoms with E-state index in [4.69, 9.17) is 15.3 Å². The Bertz CT molecular complexity index is 101. The molecule has 0 radical (unpaired) electrons. The summed E-state index contributed by atoms with van der Waals surface area (Å²) in [7, 11) is 0. The Balaban J connectivity index is 0. The van der Waals surface area contributed by atoms with Gasteiger partial charge in [0.2, 0.25) is 0 Å². The van der Waals surface area contributed by atoms with Crippen molar-refractivity contribution in [3.63, 3.8) is 0 Å². The molecule has 5 nitrogen and oxygen atoms in total. The predicted molar refractivity (Wildman–Crippen MR) is 37.1 cm³/mol. The second kappa shape index (κ2) is 11.8. The molecule has 0 aromatic heterocycles. The molecule has 0 aliphatic heterocycles. The molecule has 0 amide bonds. The molecular weight excluding hydrogens is 152 g/mol.